The minimum absolute atomic E-state index is 0.0791. The van der Waals surface area contributed by atoms with Gasteiger partial charge in [0.1, 0.15) is 0 Å². The van der Waals surface area contributed by atoms with E-state index >= 15 is 0 Å². The highest BCUT2D eigenvalue weighted by atomic mass is 16.4. The van der Waals surface area contributed by atoms with E-state index in [0.717, 1.165) is 6.07 Å². The van der Waals surface area contributed by atoms with E-state index in [-0.39, 0.29) is 28.5 Å². The van der Waals surface area contributed by atoms with Crippen LogP contribution in [-0.2, 0) is 6.54 Å². The molecule has 10 heteroatoms. The molecule has 6 aromatic rings. The zero-order chi connectivity index (χ0) is 57.0. The van der Waals surface area contributed by atoms with Gasteiger partial charge in [0.15, 0.2) is 10.9 Å². The van der Waals surface area contributed by atoms with Gasteiger partial charge in [0.25, 0.3) is 0 Å². The maximum atomic E-state index is 13.5. The Morgan fingerprint density at radius 1 is 0.405 bits per heavy atom. The van der Waals surface area contributed by atoms with Crippen molar-refractivity contribution in [3.8, 4) is 0 Å². The van der Waals surface area contributed by atoms with Crippen molar-refractivity contribution < 1.29 is 19.8 Å². The Labute approximate surface area is 475 Å². The molecule has 0 radical (unpaired) electrons. The van der Waals surface area contributed by atoms with Gasteiger partial charge in [-0.05, 0) is 114 Å². The molecule has 0 amide bonds. The van der Waals surface area contributed by atoms with Gasteiger partial charge in [-0.15, -0.1) is 0 Å². The number of aromatic carboxylic acids is 2. The summed E-state index contributed by atoms with van der Waals surface area (Å²) < 4.78 is 1.81. The first-order valence-corrected chi connectivity index (χ1v) is 31.3. The number of aromatic amines is 1. The predicted octanol–water partition coefficient (Wildman–Crippen LogP) is 18.2. The lowest BCUT2D eigenvalue weighted by Crippen LogP contribution is -2.14. The van der Waals surface area contributed by atoms with Gasteiger partial charge in [0.2, 0.25) is 0 Å². The Morgan fingerprint density at radius 2 is 0.772 bits per heavy atom. The largest absolute Gasteiger partial charge is 0.478 e. The first-order chi connectivity index (χ1) is 38.4. The number of rotatable bonds is 38. The lowest BCUT2D eigenvalue weighted by atomic mass is 10.0. The topological polar surface area (TPSA) is 136 Å². The fraction of sp³-hybridized carbons (Fsp3) is 0.594. The highest BCUT2D eigenvalue weighted by Gasteiger charge is 2.17. The lowest BCUT2D eigenvalue weighted by Gasteiger charge is -2.17. The molecular formula is C69H104N4O6. The van der Waals surface area contributed by atoms with E-state index in [0.29, 0.717) is 49.2 Å². The van der Waals surface area contributed by atoms with Gasteiger partial charge in [0.05, 0.1) is 27.7 Å². The van der Waals surface area contributed by atoms with E-state index in [2.05, 4.69) is 56.8 Å². The Bertz CT molecular complexity index is 2720. The molecule has 0 aliphatic heterocycles. The zero-order valence-corrected chi connectivity index (χ0v) is 50.1. The van der Waals surface area contributed by atoms with E-state index in [4.69, 9.17) is 0 Å². The quantitative estimate of drug-likeness (QED) is 0.0258. The summed E-state index contributed by atoms with van der Waals surface area (Å²) in [5.74, 6) is -2.49. The Balaban J connectivity index is 0.000000277. The van der Waals surface area contributed by atoms with Crippen molar-refractivity contribution in [2.24, 2.45) is 0 Å². The van der Waals surface area contributed by atoms with Crippen molar-refractivity contribution in [1.82, 2.24) is 19.4 Å². The predicted molar refractivity (Wildman–Crippen MR) is 337 cm³/mol. The molecule has 0 unspecified atom stereocenters. The number of para-hydroxylation sites is 2. The van der Waals surface area contributed by atoms with Crippen LogP contribution in [0.4, 0.5) is 0 Å². The third-order valence-electron chi connectivity index (χ3n) is 15.5. The van der Waals surface area contributed by atoms with Gasteiger partial charge in [-0.25, -0.2) is 9.59 Å². The molecule has 6 rings (SSSR count). The molecule has 0 fully saturated rings. The van der Waals surface area contributed by atoms with E-state index in [1.54, 1.807) is 54.6 Å². The Kier molecular flexibility index (Phi) is 32.8. The fourth-order valence-corrected chi connectivity index (χ4v) is 10.9. The van der Waals surface area contributed by atoms with Crippen LogP contribution in [0.15, 0.2) is 88.5 Å². The van der Waals surface area contributed by atoms with Crippen LogP contribution < -0.4 is 10.9 Å². The van der Waals surface area contributed by atoms with Gasteiger partial charge in [-0.2, -0.15) is 0 Å². The van der Waals surface area contributed by atoms with Gasteiger partial charge >= 0.3 is 11.9 Å². The third-order valence-corrected chi connectivity index (χ3v) is 15.5. The third kappa shape index (κ3) is 24.9. The molecule has 2 aromatic heterocycles. The molecule has 0 bridgehead atoms. The molecule has 10 nitrogen and oxygen atoms in total. The Hall–Kier alpha value is -5.32. The number of benzene rings is 4. The van der Waals surface area contributed by atoms with Crippen LogP contribution in [0.3, 0.4) is 0 Å². The zero-order valence-electron chi connectivity index (χ0n) is 50.1. The molecule has 0 aliphatic carbocycles. The van der Waals surface area contributed by atoms with Crippen molar-refractivity contribution in [2.45, 2.75) is 226 Å². The van der Waals surface area contributed by atoms with Crippen LogP contribution in [0.2, 0.25) is 0 Å². The second-order valence-electron chi connectivity index (χ2n) is 23.1. The van der Waals surface area contributed by atoms with Crippen LogP contribution in [-0.4, -0.2) is 82.8 Å². The lowest BCUT2D eigenvalue weighted by molar-refractivity contribution is 0.0696. The summed E-state index contributed by atoms with van der Waals surface area (Å²) in [7, 11) is 8.69. The Morgan fingerprint density at radius 3 is 1.18 bits per heavy atom. The van der Waals surface area contributed by atoms with Crippen LogP contribution >= 0.6 is 0 Å². The van der Waals surface area contributed by atoms with Gasteiger partial charge in [-0.3, -0.25) is 9.59 Å². The number of H-pyrrole nitrogens is 1. The summed E-state index contributed by atoms with van der Waals surface area (Å²) in [4.78, 5) is 58.0. The number of nitrogens with one attached hydrogen (secondary N) is 1. The monoisotopic (exact) mass is 1080 g/mol. The number of hydrogen-bond donors (Lipinski definition) is 3. The van der Waals surface area contributed by atoms with Crippen LogP contribution in [0.1, 0.15) is 246 Å². The summed E-state index contributed by atoms with van der Waals surface area (Å²) in [6.07, 6.45) is 46.6. The molecule has 436 valence electrons. The number of carboxylic acids is 2. The summed E-state index contributed by atoms with van der Waals surface area (Å²) >= 11 is 0. The highest BCUT2D eigenvalue weighted by Crippen LogP contribution is 2.26. The second-order valence-corrected chi connectivity index (χ2v) is 23.1. The van der Waals surface area contributed by atoms with Crippen molar-refractivity contribution in [3.05, 3.63) is 116 Å². The summed E-state index contributed by atoms with van der Waals surface area (Å²) in [6, 6.07) is 21.4. The number of nitrogens with zero attached hydrogens (tertiary/aromatic N) is 3. The first-order valence-electron chi connectivity index (χ1n) is 31.3. The van der Waals surface area contributed by atoms with Crippen LogP contribution in [0, 0.1) is 0 Å². The standard InChI is InChI=1S/C29H18N2O6.2C20H43N/c32-26-18-5-1-3-7-22(18)30-23-12-21-25(13-20(23)26)31(24-8-4-2-6-19(24)27(21)33)14-15-9-16(28(34)35)11-17(10-15)29(36)37;2*1-4-5-6-7-8-9-10-11-12-13-14-15-16-17-18-19-20-21(2)3/h1-13H,14H2,(H,30,32)(H,34,35)(H,36,37);2*4-20H2,1-3H3. The summed E-state index contributed by atoms with van der Waals surface area (Å²) in [5.41, 5.74) is 1.98. The first kappa shape index (κ1) is 66.2. The SMILES string of the molecule is CCCCCCCCCCCCCCCCCCN(C)C.CCCCCCCCCCCCCCCCCCN(C)C.O=C(O)c1cc(Cn2c3ccccc3c(=O)c3cc4[nH]c5ccccc5c(=O)c4cc32)cc(C(=O)O)c1. The molecule has 2 heterocycles. The molecule has 3 N–H and O–H groups in total. The van der Waals surface area contributed by atoms with Gasteiger partial charge < -0.3 is 29.6 Å². The number of aromatic nitrogens is 2. The minimum atomic E-state index is -1.25. The van der Waals surface area contributed by atoms with Crippen LogP contribution in [0.5, 0.6) is 0 Å². The minimum Gasteiger partial charge on any atom is -0.478 e. The molecule has 0 aliphatic rings. The normalized spacial score (nSPS) is 11.4. The number of hydrogen-bond acceptors (Lipinski definition) is 6. The van der Waals surface area contributed by atoms with E-state index in [1.165, 1.54) is 231 Å². The fourth-order valence-electron chi connectivity index (χ4n) is 10.9. The highest BCUT2D eigenvalue weighted by molar-refractivity contribution is 6.03. The van der Waals surface area contributed by atoms with Crippen LogP contribution in [0.25, 0.3) is 43.6 Å². The van der Waals surface area contributed by atoms with Crippen molar-refractivity contribution >= 4 is 55.6 Å². The van der Waals surface area contributed by atoms with Crippen molar-refractivity contribution in [1.29, 1.82) is 0 Å². The molecule has 0 spiro atoms. The van der Waals surface area contributed by atoms with E-state index in [9.17, 15) is 29.4 Å². The smallest absolute Gasteiger partial charge is 0.335 e. The number of fused-ring (bicyclic) bond motifs is 4. The maximum Gasteiger partial charge on any atom is 0.335 e. The van der Waals surface area contributed by atoms with E-state index in [1.807, 2.05) is 10.6 Å². The molecule has 79 heavy (non-hydrogen) atoms. The second kappa shape index (κ2) is 39.1. The number of pyridine rings is 2. The summed E-state index contributed by atoms with van der Waals surface area (Å²) in [5, 5.41) is 20.8. The maximum absolute atomic E-state index is 13.5. The van der Waals surface area contributed by atoms with Gasteiger partial charge in [0, 0.05) is 33.6 Å². The number of carbonyl (C=O) groups is 2. The average Bonchev–Trinajstić information content (AvgIpc) is 3.64. The number of unbranched alkanes of at least 4 members (excludes halogenated alkanes) is 30. The number of carboxylic acid groups (broad SMARTS) is 2. The molecule has 0 saturated carbocycles. The van der Waals surface area contributed by atoms with Crippen molar-refractivity contribution in [2.75, 3.05) is 41.3 Å². The molecule has 4 aromatic carbocycles. The van der Waals surface area contributed by atoms with Gasteiger partial charge in [-0.1, -0.05) is 231 Å². The molecular weight excluding hydrogens is 981 g/mol. The molecule has 0 saturated heterocycles. The molecule has 0 atom stereocenters. The summed E-state index contributed by atoms with van der Waals surface area (Å²) in [6.45, 7) is 7.19. The van der Waals surface area contributed by atoms with Crippen molar-refractivity contribution in [3.63, 3.8) is 0 Å². The average molecular weight is 1090 g/mol. The van der Waals surface area contributed by atoms with E-state index < -0.39 is 11.9 Å².